The van der Waals surface area contributed by atoms with Crippen molar-refractivity contribution in [2.75, 3.05) is 18.9 Å². The molecule has 2 rings (SSSR count). The number of carbonyl (C=O) groups is 2. The quantitative estimate of drug-likeness (QED) is 0.426. The van der Waals surface area contributed by atoms with E-state index in [1.807, 2.05) is 0 Å². The van der Waals surface area contributed by atoms with Crippen LogP contribution < -0.4 is 21.5 Å². The highest BCUT2D eigenvalue weighted by Crippen LogP contribution is 2.21. The highest BCUT2D eigenvalue weighted by molar-refractivity contribution is 5.98. The number of benzene rings is 2. The van der Waals surface area contributed by atoms with E-state index in [-0.39, 0.29) is 0 Å². The molecule has 0 bridgehead atoms. The summed E-state index contributed by atoms with van der Waals surface area (Å²) in [6, 6.07) is 8.69. The average Bonchev–Trinajstić information content (AvgIpc) is 2.66. The molecule has 1 unspecified atom stereocenters. The number of anilines is 1. The Morgan fingerprint density at radius 1 is 1.07 bits per heavy atom. The molecule has 0 saturated heterocycles. The SMILES string of the molecule is NCCCCC(NC(=O)c1cccc(N)c1)C(=O)COc1c(F)cccc1F. The molecule has 0 saturated carbocycles. The maximum atomic E-state index is 13.6. The second-order valence-electron chi connectivity index (χ2n) is 6.24. The molecule has 1 amide bonds. The molecule has 6 nitrogen and oxygen atoms in total. The Bertz CT molecular complexity index is 810. The number of ether oxygens (including phenoxy) is 1. The summed E-state index contributed by atoms with van der Waals surface area (Å²) in [7, 11) is 0. The van der Waals surface area contributed by atoms with E-state index in [4.69, 9.17) is 16.2 Å². The molecule has 2 aromatic carbocycles. The standard InChI is InChI=1S/C20H23F2N3O3/c21-15-7-4-8-16(22)19(15)28-12-18(26)17(9-1-2-10-23)25-20(27)13-5-3-6-14(24)11-13/h3-8,11,17H,1-2,9-10,12,23-24H2,(H,25,27). The molecule has 1 atom stereocenters. The Balaban J connectivity index is 2.06. The van der Waals surface area contributed by atoms with Gasteiger partial charge in [0.15, 0.2) is 23.2 Å². The first kappa shape index (κ1) is 21.3. The van der Waals surface area contributed by atoms with E-state index in [1.54, 1.807) is 18.2 Å². The summed E-state index contributed by atoms with van der Waals surface area (Å²) in [5.74, 6) is -3.42. The van der Waals surface area contributed by atoms with Crippen molar-refractivity contribution in [3.63, 3.8) is 0 Å². The zero-order valence-corrected chi connectivity index (χ0v) is 15.3. The molecule has 0 aliphatic heterocycles. The average molecular weight is 391 g/mol. The number of carbonyl (C=O) groups excluding carboxylic acids is 2. The number of unbranched alkanes of at least 4 members (excludes halogenated alkanes) is 1. The molecular weight excluding hydrogens is 368 g/mol. The summed E-state index contributed by atoms with van der Waals surface area (Å²) in [6.07, 6.45) is 1.59. The van der Waals surface area contributed by atoms with Crippen LogP contribution in [0.3, 0.4) is 0 Å². The zero-order chi connectivity index (χ0) is 20.5. The summed E-state index contributed by atoms with van der Waals surface area (Å²) >= 11 is 0. The van der Waals surface area contributed by atoms with Gasteiger partial charge < -0.3 is 21.5 Å². The lowest BCUT2D eigenvalue weighted by molar-refractivity contribution is -0.123. The minimum atomic E-state index is -0.906. The molecule has 2 aromatic rings. The van der Waals surface area contributed by atoms with Gasteiger partial charge in [0.2, 0.25) is 0 Å². The first-order valence-corrected chi connectivity index (χ1v) is 8.88. The van der Waals surface area contributed by atoms with Crippen molar-refractivity contribution in [3.05, 3.63) is 59.7 Å². The van der Waals surface area contributed by atoms with Gasteiger partial charge in [0, 0.05) is 11.3 Å². The third kappa shape index (κ3) is 6.02. The Morgan fingerprint density at radius 2 is 1.75 bits per heavy atom. The van der Waals surface area contributed by atoms with Crippen molar-refractivity contribution in [2.45, 2.75) is 25.3 Å². The van der Waals surface area contributed by atoms with Crippen molar-refractivity contribution in [1.82, 2.24) is 5.32 Å². The molecule has 0 spiro atoms. The maximum Gasteiger partial charge on any atom is 0.251 e. The third-order valence-electron chi connectivity index (χ3n) is 4.07. The van der Waals surface area contributed by atoms with Gasteiger partial charge in [-0.3, -0.25) is 9.59 Å². The first-order valence-electron chi connectivity index (χ1n) is 8.88. The van der Waals surface area contributed by atoms with Gasteiger partial charge in [-0.25, -0.2) is 8.78 Å². The lowest BCUT2D eigenvalue weighted by Gasteiger charge is -2.18. The Kier molecular flexibility index (Phi) is 7.88. The summed E-state index contributed by atoms with van der Waals surface area (Å²) in [4.78, 5) is 24.9. The fraction of sp³-hybridized carbons (Fsp3) is 0.300. The molecule has 0 aliphatic rings. The van der Waals surface area contributed by atoms with E-state index >= 15 is 0 Å². The number of halogens is 2. The number of rotatable bonds is 10. The minimum Gasteiger partial charge on any atom is -0.480 e. The normalized spacial score (nSPS) is 11.7. The van der Waals surface area contributed by atoms with Gasteiger partial charge >= 0.3 is 0 Å². The number of para-hydroxylation sites is 1. The van der Waals surface area contributed by atoms with Gasteiger partial charge in [-0.2, -0.15) is 0 Å². The number of Topliss-reactive ketones (excluding diaryl/α,β-unsaturated/α-hetero) is 1. The molecule has 0 fully saturated rings. The summed E-state index contributed by atoms with van der Waals surface area (Å²) in [5, 5.41) is 2.63. The lowest BCUT2D eigenvalue weighted by atomic mass is 10.0. The van der Waals surface area contributed by atoms with Gasteiger partial charge in [0.1, 0.15) is 6.61 Å². The van der Waals surface area contributed by atoms with E-state index in [1.165, 1.54) is 12.1 Å². The second kappa shape index (κ2) is 10.4. The Labute approximate surface area is 161 Å². The van der Waals surface area contributed by atoms with E-state index < -0.39 is 41.7 Å². The number of hydrogen-bond acceptors (Lipinski definition) is 5. The number of nitrogen functional groups attached to an aromatic ring is 1. The molecule has 0 heterocycles. The highest BCUT2D eigenvalue weighted by atomic mass is 19.1. The molecule has 0 aromatic heterocycles. The van der Waals surface area contributed by atoms with Gasteiger partial charge in [0.25, 0.3) is 5.91 Å². The van der Waals surface area contributed by atoms with Crippen LogP contribution in [0.25, 0.3) is 0 Å². The maximum absolute atomic E-state index is 13.6. The number of nitrogens with one attached hydrogen (secondary N) is 1. The largest absolute Gasteiger partial charge is 0.480 e. The van der Waals surface area contributed by atoms with E-state index in [0.29, 0.717) is 37.1 Å². The van der Waals surface area contributed by atoms with E-state index in [0.717, 1.165) is 12.1 Å². The number of ketones is 1. The highest BCUT2D eigenvalue weighted by Gasteiger charge is 2.23. The monoisotopic (exact) mass is 391 g/mol. The van der Waals surface area contributed by atoms with Gasteiger partial charge in [-0.15, -0.1) is 0 Å². The predicted octanol–water partition coefficient (Wildman–Crippen LogP) is 2.42. The zero-order valence-electron chi connectivity index (χ0n) is 15.3. The third-order valence-corrected chi connectivity index (χ3v) is 4.07. The molecular formula is C20H23F2N3O3. The van der Waals surface area contributed by atoms with Gasteiger partial charge in [0.05, 0.1) is 6.04 Å². The van der Waals surface area contributed by atoms with Crippen LogP contribution in [-0.2, 0) is 4.79 Å². The minimum absolute atomic E-state index is 0.303. The molecule has 0 aliphatic carbocycles. The first-order chi connectivity index (χ1) is 13.4. The van der Waals surface area contributed by atoms with Crippen molar-refractivity contribution < 1.29 is 23.1 Å². The summed E-state index contributed by atoms with van der Waals surface area (Å²) in [5.41, 5.74) is 11.9. The molecule has 5 N–H and O–H groups in total. The molecule has 8 heteroatoms. The topological polar surface area (TPSA) is 107 Å². The molecule has 28 heavy (non-hydrogen) atoms. The van der Waals surface area contributed by atoms with Crippen LogP contribution in [0.5, 0.6) is 5.75 Å². The fourth-order valence-corrected chi connectivity index (χ4v) is 2.59. The van der Waals surface area contributed by atoms with E-state index in [2.05, 4.69) is 5.32 Å². The van der Waals surface area contributed by atoms with Crippen LogP contribution in [0.2, 0.25) is 0 Å². The van der Waals surface area contributed by atoms with E-state index in [9.17, 15) is 18.4 Å². The fourth-order valence-electron chi connectivity index (χ4n) is 2.59. The van der Waals surface area contributed by atoms with Crippen molar-refractivity contribution in [1.29, 1.82) is 0 Å². The van der Waals surface area contributed by atoms with Crippen LogP contribution >= 0.6 is 0 Å². The summed E-state index contributed by atoms with van der Waals surface area (Å²) in [6.45, 7) is -0.136. The van der Waals surface area contributed by atoms with Crippen LogP contribution in [0.1, 0.15) is 29.6 Å². The molecule has 0 radical (unpaired) electrons. The van der Waals surface area contributed by atoms with Crippen molar-refractivity contribution in [2.24, 2.45) is 5.73 Å². The second-order valence-corrected chi connectivity index (χ2v) is 6.24. The van der Waals surface area contributed by atoms with Crippen LogP contribution in [0, 0.1) is 11.6 Å². The van der Waals surface area contributed by atoms with Crippen LogP contribution in [0.15, 0.2) is 42.5 Å². The molecule has 150 valence electrons. The lowest BCUT2D eigenvalue weighted by Crippen LogP contribution is -2.43. The number of hydrogen-bond donors (Lipinski definition) is 3. The number of amides is 1. The number of nitrogens with two attached hydrogens (primary N) is 2. The van der Waals surface area contributed by atoms with Crippen LogP contribution in [-0.4, -0.2) is 30.9 Å². The Hall–Kier alpha value is -3.00. The van der Waals surface area contributed by atoms with Crippen LogP contribution in [0.4, 0.5) is 14.5 Å². The van der Waals surface area contributed by atoms with Crippen molar-refractivity contribution in [3.8, 4) is 5.75 Å². The van der Waals surface area contributed by atoms with Crippen molar-refractivity contribution >= 4 is 17.4 Å². The predicted molar refractivity (Wildman–Crippen MR) is 102 cm³/mol. The summed E-state index contributed by atoms with van der Waals surface area (Å²) < 4.78 is 32.3. The van der Waals surface area contributed by atoms with Gasteiger partial charge in [-0.1, -0.05) is 12.1 Å². The Morgan fingerprint density at radius 3 is 2.39 bits per heavy atom. The van der Waals surface area contributed by atoms with Gasteiger partial charge in [-0.05, 0) is 56.1 Å². The smallest absolute Gasteiger partial charge is 0.251 e.